The van der Waals surface area contributed by atoms with E-state index in [1.807, 2.05) is 28.0 Å². The highest BCUT2D eigenvalue weighted by molar-refractivity contribution is 4.99. The zero-order valence-electron chi connectivity index (χ0n) is 12.8. The fourth-order valence-corrected chi connectivity index (χ4v) is 3.00. The molecule has 0 aliphatic carbocycles. The minimum Gasteiger partial charge on any atom is -0.383 e. The smallest absolute Gasteiger partial charge is 0.0692 e. The summed E-state index contributed by atoms with van der Waals surface area (Å²) in [7, 11) is 3.65. The van der Waals surface area contributed by atoms with Gasteiger partial charge in [0, 0.05) is 25.9 Å². The molecule has 0 saturated carbocycles. The van der Waals surface area contributed by atoms with Crippen molar-refractivity contribution in [1.82, 2.24) is 19.9 Å². The number of methoxy groups -OCH3 is 1. The Morgan fingerprint density at radius 1 is 1.21 bits per heavy atom. The van der Waals surface area contributed by atoms with Gasteiger partial charge in [-0.3, -0.25) is 9.58 Å². The Bertz CT molecular complexity index is 316. The molecule has 0 atom stereocenters. The van der Waals surface area contributed by atoms with E-state index in [-0.39, 0.29) is 0 Å². The summed E-state index contributed by atoms with van der Waals surface area (Å²) >= 11 is 0. The number of aromatic nitrogens is 3. The summed E-state index contributed by atoms with van der Waals surface area (Å²) in [5.41, 5.74) is 0.467. The van der Waals surface area contributed by atoms with Crippen LogP contribution in [-0.2, 0) is 11.8 Å². The Balaban J connectivity index is 0.000000192. The molecular formula is C14H28N4O. The summed E-state index contributed by atoms with van der Waals surface area (Å²) < 4.78 is 6.93. The maximum atomic E-state index is 5.29. The largest absolute Gasteiger partial charge is 0.383 e. The molecule has 0 radical (unpaired) electrons. The molecular weight excluding hydrogens is 240 g/mol. The molecule has 1 aromatic heterocycles. The lowest BCUT2D eigenvalue weighted by molar-refractivity contribution is 0.0655. The van der Waals surface area contributed by atoms with Gasteiger partial charge in [-0.2, -0.15) is 0 Å². The topological polar surface area (TPSA) is 43.2 Å². The lowest BCUT2D eigenvalue weighted by atomic mass is 9.95. The minimum atomic E-state index is 0.467. The molecule has 5 nitrogen and oxygen atoms in total. The molecule has 0 bridgehead atoms. The molecule has 0 aromatic carbocycles. The van der Waals surface area contributed by atoms with Crippen LogP contribution in [0.3, 0.4) is 0 Å². The third kappa shape index (κ3) is 4.28. The molecule has 0 unspecified atom stereocenters. The first-order chi connectivity index (χ1) is 9.27. The number of aryl methyl sites for hydroxylation is 1. The van der Waals surface area contributed by atoms with Crippen molar-refractivity contribution in [3.8, 4) is 0 Å². The second-order valence-electron chi connectivity index (χ2n) is 4.93. The SMILES string of the molecule is CC.COCC12CCCN1CCC2.Cn1ccnn1. The van der Waals surface area contributed by atoms with E-state index in [1.165, 1.54) is 38.8 Å². The van der Waals surface area contributed by atoms with Crippen molar-refractivity contribution in [2.45, 2.75) is 45.1 Å². The Morgan fingerprint density at radius 3 is 2.21 bits per heavy atom. The van der Waals surface area contributed by atoms with E-state index >= 15 is 0 Å². The third-order valence-electron chi connectivity index (χ3n) is 3.77. The van der Waals surface area contributed by atoms with Gasteiger partial charge in [-0.25, -0.2) is 0 Å². The first kappa shape index (κ1) is 16.1. The highest BCUT2D eigenvalue weighted by Crippen LogP contribution is 2.38. The Hall–Kier alpha value is -0.940. The second-order valence-corrected chi connectivity index (χ2v) is 4.93. The van der Waals surface area contributed by atoms with Crippen LogP contribution < -0.4 is 0 Å². The predicted octanol–water partition coefficient (Wildman–Crippen LogP) is 2.10. The van der Waals surface area contributed by atoms with E-state index < -0.39 is 0 Å². The lowest BCUT2D eigenvalue weighted by Gasteiger charge is -2.30. The van der Waals surface area contributed by atoms with Crippen molar-refractivity contribution in [2.75, 3.05) is 26.8 Å². The molecule has 19 heavy (non-hydrogen) atoms. The standard InChI is InChI=1S/C9H17NO.C3H5N3.C2H6/c1-11-8-9-4-2-6-10(9)7-3-5-9;1-6-3-2-4-5-6;1-2/h2-8H2,1H3;2-3H,1H3;1-2H3. The fourth-order valence-electron chi connectivity index (χ4n) is 3.00. The van der Waals surface area contributed by atoms with Crippen molar-refractivity contribution in [3.05, 3.63) is 12.4 Å². The van der Waals surface area contributed by atoms with Gasteiger partial charge >= 0.3 is 0 Å². The molecule has 0 amide bonds. The van der Waals surface area contributed by atoms with Crippen LogP contribution in [0, 0.1) is 0 Å². The van der Waals surface area contributed by atoms with E-state index in [9.17, 15) is 0 Å². The molecule has 1 aromatic rings. The van der Waals surface area contributed by atoms with E-state index in [4.69, 9.17) is 4.74 Å². The van der Waals surface area contributed by atoms with Gasteiger partial charge in [0.2, 0.25) is 0 Å². The van der Waals surface area contributed by atoms with Gasteiger partial charge < -0.3 is 4.74 Å². The van der Waals surface area contributed by atoms with Crippen LogP contribution >= 0.6 is 0 Å². The van der Waals surface area contributed by atoms with Crippen molar-refractivity contribution in [3.63, 3.8) is 0 Å². The summed E-state index contributed by atoms with van der Waals surface area (Å²) in [6.45, 7) is 7.57. The van der Waals surface area contributed by atoms with Crippen LogP contribution in [0.2, 0.25) is 0 Å². The average Bonchev–Trinajstić information content (AvgIpc) is 3.09. The van der Waals surface area contributed by atoms with E-state index in [0.29, 0.717) is 5.54 Å². The monoisotopic (exact) mass is 268 g/mol. The van der Waals surface area contributed by atoms with Gasteiger partial charge in [0.15, 0.2) is 0 Å². The summed E-state index contributed by atoms with van der Waals surface area (Å²) in [5, 5.41) is 7.12. The van der Waals surface area contributed by atoms with Crippen LogP contribution in [0.15, 0.2) is 12.4 Å². The molecule has 3 heterocycles. The van der Waals surface area contributed by atoms with Gasteiger partial charge in [-0.1, -0.05) is 19.1 Å². The van der Waals surface area contributed by atoms with Crippen molar-refractivity contribution in [1.29, 1.82) is 0 Å². The number of rotatable bonds is 2. The zero-order valence-corrected chi connectivity index (χ0v) is 12.8. The van der Waals surface area contributed by atoms with Crippen LogP contribution in [0.5, 0.6) is 0 Å². The third-order valence-corrected chi connectivity index (χ3v) is 3.77. The van der Waals surface area contributed by atoms with Crippen LogP contribution in [0.1, 0.15) is 39.5 Å². The molecule has 3 rings (SSSR count). The minimum absolute atomic E-state index is 0.467. The van der Waals surface area contributed by atoms with Crippen LogP contribution in [0.25, 0.3) is 0 Å². The number of hydrogen-bond donors (Lipinski definition) is 0. The Kier molecular flexibility index (Phi) is 7.02. The predicted molar refractivity (Wildman–Crippen MR) is 77.0 cm³/mol. The van der Waals surface area contributed by atoms with E-state index in [1.54, 1.807) is 17.1 Å². The van der Waals surface area contributed by atoms with Gasteiger partial charge in [0.1, 0.15) is 0 Å². The lowest BCUT2D eigenvalue weighted by Crippen LogP contribution is -2.42. The van der Waals surface area contributed by atoms with Crippen molar-refractivity contribution in [2.24, 2.45) is 7.05 Å². The summed E-state index contributed by atoms with van der Waals surface area (Å²) in [6.07, 6.45) is 8.90. The summed E-state index contributed by atoms with van der Waals surface area (Å²) in [5.74, 6) is 0. The summed E-state index contributed by atoms with van der Waals surface area (Å²) in [4.78, 5) is 2.62. The first-order valence-corrected chi connectivity index (χ1v) is 7.31. The van der Waals surface area contributed by atoms with Crippen molar-refractivity contribution >= 4 is 0 Å². The van der Waals surface area contributed by atoms with Gasteiger partial charge in [-0.05, 0) is 38.8 Å². The molecule has 5 heteroatoms. The maximum Gasteiger partial charge on any atom is 0.0692 e. The fraction of sp³-hybridized carbons (Fsp3) is 0.857. The zero-order chi connectivity index (χ0) is 14.1. The normalized spacial score (nSPS) is 20.0. The molecule has 2 aliphatic heterocycles. The summed E-state index contributed by atoms with van der Waals surface area (Å²) in [6, 6.07) is 0. The Morgan fingerprint density at radius 2 is 1.84 bits per heavy atom. The van der Waals surface area contributed by atoms with Crippen LogP contribution in [0.4, 0.5) is 0 Å². The number of ether oxygens (including phenoxy) is 1. The van der Waals surface area contributed by atoms with Crippen molar-refractivity contribution < 1.29 is 4.74 Å². The quantitative estimate of drug-likeness (QED) is 0.824. The number of hydrogen-bond acceptors (Lipinski definition) is 4. The maximum absolute atomic E-state index is 5.29. The van der Waals surface area contributed by atoms with Gasteiger partial charge in [0.05, 0.1) is 12.8 Å². The first-order valence-electron chi connectivity index (χ1n) is 7.31. The van der Waals surface area contributed by atoms with E-state index in [0.717, 1.165) is 6.61 Å². The average molecular weight is 268 g/mol. The van der Waals surface area contributed by atoms with Gasteiger partial charge in [-0.15, -0.1) is 5.10 Å². The molecule has 2 saturated heterocycles. The highest BCUT2D eigenvalue weighted by atomic mass is 16.5. The number of fused-ring (bicyclic) bond motifs is 1. The molecule has 2 fully saturated rings. The second kappa shape index (κ2) is 8.27. The molecule has 0 spiro atoms. The number of nitrogens with zero attached hydrogens (tertiary/aromatic N) is 4. The highest BCUT2D eigenvalue weighted by Gasteiger charge is 2.43. The van der Waals surface area contributed by atoms with E-state index in [2.05, 4.69) is 15.2 Å². The molecule has 110 valence electrons. The Labute approximate surface area is 116 Å². The van der Waals surface area contributed by atoms with Crippen LogP contribution in [-0.4, -0.2) is 52.2 Å². The molecule has 0 N–H and O–H groups in total. The van der Waals surface area contributed by atoms with Gasteiger partial charge in [0.25, 0.3) is 0 Å². The molecule has 2 aliphatic rings.